The van der Waals surface area contributed by atoms with Gasteiger partial charge < -0.3 is 64.2 Å². The Morgan fingerprint density at radius 2 is 0.849 bits per heavy atom. The van der Waals surface area contributed by atoms with Crippen molar-refractivity contribution in [2.75, 3.05) is 33.0 Å². The summed E-state index contributed by atoms with van der Waals surface area (Å²) < 4.78 is 34.4. The van der Waals surface area contributed by atoms with Crippen LogP contribution in [0.3, 0.4) is 0 Å². The van der Waals surface area contributed by atoms with E-state index in [1.165, 1.54) is 167 Å². The molecule has 14 heteroatoms. The van der Waals surface area contributed by atoms with Crippen molar-refractivity contribution in [3.8, 4) is 0 Å². The zero-order valence-corrected chi connectivity index (χ0v) is 46.1. The largest absolute Gasteiger partial charge is 0.457 e. The van der Waals surface area contributed by atoms with E-state index in [-0.39, 0.29) is 25.6 Å². The Labute approximate surface area is 443 Å². The molecule has 0 aromatic rings. The maximum atomic E-state index is 13.1. The Kier molecular flexibility index (Phi) is 43.1. The quantitative estimate of drug-likeness (QED) is 0.0172. The van der Waals surface area contributed by atoms with E-state index >= 15 is 0 Å². The normalized spacial score (nSPS) is 25.1. The Morgan fingerprint density at radius 3 is 1.33 bits per heavy atom. The minimum atomic E-state index is -1.71. The number of esters is 1. The lowest BCUT2D eigenvalue weighted by Crippen LogP contribution is -2.61. The summed E-state index contributed by atoms with van der Waals surface area (Å²) in [6.07, 6.45) is 36.6. The first-order valence-corrected chi connectivity index (χ1v) is 29.9. The molecule has 0 aliphatic carbocycles. The number of hydrogen-bond donors (Lipinski definition) is 7. The Bertz CT molecular complexity index is 1300. The van der Waals surface area contributed by atoms with Crippen LogP contribution in [0.1, 0.15) is 245 Å². The molecule has 2 fully saturated rings. The average Bonchev–Trinajstić information content (AvgIpc) is 3.39. The van der Waals surface area contributed by atoms with Gasteiger partial charge in [-0.15, -0.1) is 0 Å². The lowest BCUT2D eigenvalue weighted by atomic mass is 9.98. The van der Waals surface area contributed by atoms with E-state index in [0.717, 1.165) is 51.4 Å². The van der Waals surface area contributed by atoms with E-state index in [9.17, 15) is 40.5 Å². The smallest absolute Gasteiger partial charge is 0.306 e. The number of ether oxygens (including phenoxy) is 6. The van der Waals surface area contributed by atoms with Gasteiger partial charge in [-0.25, -0.2) is 0 Å². The van der Waals surface area contributed by atoms with Gasteiger partial charge >= 0.3 is 5.97 Å². The zero-order chi connectivity index (χ0) is 53.0. The van der Waals surface area contributed by atoms with E-state index in [1.807, 2.05) is 0 Å². The van der Waals surface area contributed by atoms with Crippen molar-refractivity contribution in [2.45, 2.75) is 313 Å². The van der Waals surface area contributed by atoms with Crippen LogP contribution in [0, 0.1) is 0 Å². The van der Waals surface area contributed by atoms with Crippen LogP contribution in [-0.4, -0.2) is 142 Å². The van der Waals surface area contributed by atoms with Gasteiger partial charge in [0.2, 0.25) is 0 Å². The number of aliphatic hydroxyl groups is 7. The third kappa shape index (κ3) is 33.4. The highest BCUT2D eigenvalue weighted by Gasteiger charge is 2.47. The van der Waals surface area contributed by atoms with Crippen LogP contribution in [0.5, 0.6) is 0 Å². The first-order valence-electron chi connectivity index (χ1n) is 29.9. The molecule has 0 radical (unpaired) electrons. The maximum absolute atomic E-state index is 13.1. The van der Waals surface area contributed by atoms with E-state index < -0.39 is 80.7 Å². The van der Waals surface area contributed by atoms with Gasteiger partial charge in [0.25, 0.3) is 0 Å². The van der Waals surface area contributed by atoms with Crippen molar-refractivity contribution in [3.05, 3.63) is 24.3 Å². The molecular weight excluding hydrogens is 933 g/mol. The topological polar surface area (TPSA) is 214 Å². The fourth-order valence-electron chi connectivity index (χ4n) is 9.61. The van der Waals surface area contributed by atoms with Crippen molar-refractivity contribution in [1.29, 1.82) is 0 Å². The predicted molar refractivity (Wildman–Crippen MR) is 289 cm³/mol. The highest BCUT2D eigenvalue weighted by molar-refractivity contribution is 5.69. The van der Waals surface area contributed by atoms with Gasteiger partial charge in [0.05, 0.1) is 26.4 Å². The van der Waals surface area contributed by atoms with Crippen LogP contribution in [0.15, 0.2) is 24.3 Å². The Balaban J connectivity index is 1.70. The SMILES string of the molecule is CCCCCC/C=C\C/C=C\CCCCCCCCCC(=O)OC(COCCCCCCCCCCCCCCCCCCCCCCC)COC1OC(COC2OC(CO)C(O)C(O)C2O)C(O)C(O)C1O. The number of allylic oxidation sites excluding steroid dienone is 4. The standard InChI is InChI=1S/C59H110O14/c1-3-5-7-9-11-13-15-17-19-21-23-24-25-27-29-31-33-35-37-39-41-43-68-45-48(71-51(61)42-40-38-36-34-32-30-28-26-22-20-18-16-14-12-10-8-6-4-2)46-69-58-57(67)55(65)53(63)50(73-58)47-70-59-56(66)54(64)52(62)49(44-60)72-59/h14,16,20,22,48-50,52-60,62-67H,3-13,15,17-19,21,23-47H2,1-2H3/b16-14-,22-20-. The minimum Gasteiger partial charge on any atom is -0.457 e. The summed E-state index contributed by atoms with van der Waals surface area (Å²) in [5.41, 5.74) is 0. The van der Waals surface area contributed by atoms with Gasteiger partial charge in [0.1, 0.15) is 54.9 Å². The van der Waals surface area contributed by atoms with Gasteiger partial charge in [-0.1, -0.05) is 218 Å². The molecule has 2 aliphatic heterocycles. The molecule has 11 atom stereocenters. The number of rotatable bonds is 49. The molecule has 7 N–H and O–H groups in total. The molecule has 0 saturated carbocycles. The summed E-state index contributed by atoms with van der Waals surface area (Å²) in [4.78, 5) is 13.1. The summed E-state index contributed by atoms with van der Waals surface area (Å²) >= 11 is 0. The minimum absolute atomic E-state index is 0.0631. The highest BCUT2D eigenvalue weighted by Crippen LogP contribution is 2.27. The Hall–Kier alpha value is -1.53. The third-order valence-corrected chi connectivity index (χ3v) is 14.5. The molecule has 2 saturated heterocycles. The molecular formula is C59H110O14. The Morgan fingerprint density at radius 1 is 0.452 bits per heavy atom. The first-order chi connectivity index (χ1) is 35.6. The molecule has 0 amide bonds. The molecule has 0 spiro atoms. The van der Waals surface area contributed by atoms with Gasteiger partial charge in [-0.2, -0.15) is 0 Å². The van der Waals surface area contributed by atoms with Gasteiger partial charge in [0, 0.05) is 13.0 Å². The van der Waals surface area contributed by atoms with E-state index in [2.05, 4.69) is 38.2 Å². The third-order valence-electron chi connectivity index (χ3n) is 14.5. The van der Waals surface area contributed by atoms with Crippen molar-refractivity contribution < 1.29 is 69.0 Å². The van der Waals surface area contributed by atoms with E-state index in [0.29, 0.717) is 13.0 Å². The van der Waals surface area contributed by atoms with Crippen LogP contribution < -0.4 is 0 Å². The lowest BCUT2D eigenvalue weighted by Gasteiger charge is -2.42. The molecule has 2 aliphatic rings. The van der Waals surface area contributed by atoms with Crippen LogP contribution >= 0.6 is 0 Å². The molecule has 2 heterocycles. The highest BCUT2D eigenvalue weighted by atomic mass is 16.7. The number of carbonyl (C=O) groups excluding carboxylic acids is 1. The van der Waals surface area contributed by atoms with Crippen molar-refractivity contribution in [3.63, 3.8) is 0 Å². The van der Waals surface area contributed by atoms with E-state index in [4.69, 9.17) is 28.4 Å². The molecule has 0 bridgehead atoms. The maximum Gasteiger partial charge on any atom is 0.306 e. The molecule has 73 heavy (non-hydrogen) atoms. The van der Waals surface area contributed by atoms with E-state index in [1.54, 1.807) is 0 Å². The van der Waals surface area contributed by atoms with Gasteiger partial charge in [-0.3, -0.25) is 4.79 Å². The monoisotopic (exact) mass is 1040 g/mol. The number of unbranched alkanes of at least 4 members (excludes halogenated alkanes) is 31. The van der Waals surface area contributed by atoms with Crippen molar-refractivity contribution in [2.24, 2.45) is 0 Å². The first kappa shape index (κ1) is 67.6. The fourth-order valence-corrected chi connectivity index (χ4v) is 9.61. The molecule has 430 valence electrons. The second-order valence-corrected chi connectivity index (χ2v) is 21.2. The summed E-state index contributed by atoms with van der Waals surface area (Å²) in [5.74, 6) is -0.379. The van der Waals surface area contributed by atoms with Gasteiger partial charge in [-0.05, 0) is 44.9 Å². The zero-order valence-electron chi connectivity index (χ0n) is 46.1. The number of hydrogen-bond acceptors (Lipinski definition) is 14. The van der Waals surface area contributed by atoms with Crippen molar-refractivity contribution in [1.82, 2.24) is 0 Å². The average molecular weight is 1040 g/mol. The molecule has 0 aromatic heterocycles. The van der Waals surface area contributed by atoms with Crippen molar-refractivity contribution >= 4 is 5.97 Å². The second-order valence-electron chi connectivity index (χ2n) is 21.2. The second kappa shape index (κ2) is 46.6. The number of carbonyl (C=O) groups is 1. The summed E-state index contributed by atoms with van der Waals surface area (Å²) in [5, 5.41) is 72.4. The number of aliphatic hydroxyl groups excluding tert-OH is 7. The van der Waals surface area contributed by atoms with Crippen LogP contribution in [0.2, 0.25) is 0 Å². The predicted octanol–water partition coefficient (Wildman–Crippen LogP) is 10.8. The summed E-state index contributed by atoms with van der Waals surface area (Å²) in [7, 11) is 0. The summed E-state index contributed by atoms with van der Waals surface area (Å²) in [6, 6.07) is 0. The van der Waals surface area contributed by atoms with Gasteiger partial charge in [0.15, 0.2) is 12.6 Å². The van der Waals surface area contributed by atoms with Crippen LogP contribution in [0.25, 0.3) is 0 Å². The lowest BCUT2D eigenvalue weighted by molar-refractivity contribution is -0.332. The van der Waals surface area contributed by atoms with Crippen LogP contribution in [-0.2, 0) is 33.2 Å². The molecule has 14 nitrogen and oxygen atoms in total. The fraction of sp³-hybridized carbons (Fsp3) is 0.915. The van der Waals surface area contributed by atoms with Crippen LogP contribution in [0.4, 0.5) is 0 Å². The summed E-state index contributed by atoms with van der Waals surface area (Å²) in [6.45, 7) is 3.71. The molecule has 0 aromatic carbocycles. The molecule has 11 unspecified atom stereocenters. The molecule has 2 rings (SSSR count).